The minimum atomic E-state index is -0.246. The lowest BCUT2D eigenvalue weighted by Gasteiger charge is -2.18. The van der Waals surface area contributed by atoms with E-state index in [1.807, 2.05) is 14.0 Å². The molecule has 0 radical (unpaired) electrons. The quantitative estimate of drug-likeness (QED) is 0.665. The lowest BCUT2D eigenvalue weighted by Crippen LogP contribution is -2.26. The fourth-order valence-corrected chi connectivity index (χ4v) is 1.01. The molecular formula is C9H18N2O. The van der Waals surface area contributed by atoms with Crippen molar-refractivity contribution in [1.29, 1.82) is 5.26 Å². The second-order valence-corrected chi connectivity index (χ2v) is 3.43. The van der Waals surface area contributed by atoms with Gasteiger partial charge in [-0.15, -0.1) is 0 Å². The molecule has 0 fully saturated rings. The number of hydrogen-bond donors (Lipinski definition) is 1. The van der Waals surface area contributed by atoms with Crippen LogP contribution in [0.4, 0.5) is 0 Å². The van der Waals surface area contributed by atoms with Crippen molar-refractivity contribution >= 4 is 0 Å². The molecule has 0 heterocycles. The van der Waals surface area contributed by atoms with Crippen molar-refractivity contribution in [3.63, 3.8) is 0 Å². The maximum atomic E-state index is 9.00. The first-order valence-electron chi connectivity index (χ1n) is 4.32. The standard InChI is InChI=1S/C9H18N2O/c1-8(6-10)7-11(3)5-4-9(2)12/h8-9,12H,4-5,7H2,1-3H3. The van der Waals surface area contributed by atoms with Crippen LogP contribution in [0, 0.1) is 17.2 Å². The maximum absolute atomic E-state index is 9.00. The molecule has 2 atom stereocenters. The van der Waals surface area contributed by atoms with Gasteiger partial charge in [-0.2, -0.15) is 5.26 Å². The lowest BCUT2D eigenvalue weighted by molar-refractivity contribution is 0.162. The Bertz CT molecular complexity index is 151. The van der Waals surface area contributed by atoms with Gasteiger partial charge in [-0.25, -0.2) is 0 Å². The maximum Gasteiger partial charge on any atom is 0.0666 e. The molecule has 0 aliphatic heterocycles. The van der Waals surface area contributed by atoms with Gasteiger partial charge in [0.1, 0.15) is 0 Å². The Morgan fingerprint density at radius 2 is 2.08 bits per heavy atom. The number of aliphatic hydroxyl groups is 1. The molecule has 1 N–H and O–H groups in total. The van der Waals surface area contributed by atoms with Gasteiger partial charge >= 0.3 is 0 Å². The van der Waals surface area contributed by atoms with Gasteiger partial charge in [0.25, 0.3) is 0 Å². The van der Waals surface area contributed by atoms with Crippen LogP contribution in [0.3, 0.4) is 0 Å². The van der Waals surface area contributed by atoms with E-state index in [1.165, 1.54) is 0 Å². The Hall–Kier alpha value is -0.590. The average molecular weight is 170 g/mol. The van der Waals surface area contributed by atoms with Crippen molar-refractivity contribution in [2.24, 2.45) is 5.92 Å². The van der Waals surface area contributed by atoms with E-state index in [2.05, 4.69) is 11.0 Å². The van der Waals surface area contributed by atoms with Crippen molar-refractivity contribution in [2.45, 2.75) is 26.4 Å². The SMILES string of the molecule is CC(O)CCN(C)CC(C)C#N. The van der Waals surface area contributed by atoms with E-state index in [-0.39, 0.29) is 12.0 Å². The number of nitrogens with zero attached hydrogens (tertiary/aromatic N) is 2. The molecule has 0 aliphatic rings. The van der Waals surface area contributed by atoms with Gasteiger partial charge in [-0.1, -0.05) is 0 Å². The monoisotopic (exact) mass is 170 g/mol. The molecule has 0 amide bonds. The van der Waals surface area contributed by atoms with Crippen LogP contribution in [-0.2, 0) is 0 Å². The fourth-order valence-electron chi connectivity index (χ4n) is 1.01. The van der Waals surface area contributed by atoms with Gasteiger partial charge in [-0.05, 0) is 27.3 Å². The Morgan fingerprint density at radius 3 is 2.50 bits per heavy atom. The molecule has 0 spiro atoms. The van der Waals surface area contributed by atoms with Crippen molar-refractivity contribution in [3.05, 3.63) is 0 Å². The Balaban J connectivity index is 3.47. The number of nitriles is 1. The van der Waals surface area contributed by atoms with Crippen LogP contribution in [0.2, 0.25) is 0 Å². The van der Waals surface area contributed by atoms with Gasteiger partial charge in [-0.3, -0.25) is 0 Å². The van der Waals surface area contributed by atoms with Gasteiger partial charge < -0.3 is 10.0 Å². The Labute approximate surface area is 74.6 Å². The summed E-state index contributed by atoms with van der Waals surface area (Å²) in [5.41, 5.74) is 0. The third-order valence-corrected chi connectivity index (χ3v) is 1.73. The summed E-state index contributed by atoms with van der Waals surface area (Å²) >= 11 is 0. The van der Waals surface area contributed by atoms with Crippen LogP contribution < -0.4 is 0 Å². The predicted molar refractivity (Wildman–Crippen MR) is 48.6 cm³/mol. The second-order valence-electron chi connectivity index (χ2n) is 3.43. The van der Waals surface area contributed by atoms with E-state index in [0.29, 0.717) is 0 Å². The first-order valence-corrected chi connectivity index (χ1v) is 4.32. The summed E-state index contributed by atoms with van der Waals surface area (Å²) in [6.45, 7) is 5.31. The second kappa shape index (κ2) is 5.99. The zero-order valence-corrected chi connectivity index (χ0v) is 8.12. The van der Waals surface area contributed by atoms with Crippen LogP contribution in [0.15, 0.2) is 0 Å². The van der Waals surface area contributed by atoms with Gasteiger partial charge in [0, 0.05) is 13.1 Å². The average Bonchev–Trinajstić information content (AvgIpc) is 2.00. The molecule has 2 unspecified atom stereocenters. The highest BCUT2D eigenvalue weighted by Gasteiger charge is 2.05. The summed E-state index contributed by atoms with van der Waals surface area (Å²) in [7, 11) is 1.97. The van der Waals surface area contributed by atoms with E-state index in [0.717, 1.165) is 19.5 Å². The van der Waals surface area contributed by atoms with Crippen LogP contribution in [-0.4, -0.2) is 36.2 Å². The summed E-state index contributed by atoms with van der Waals surface area (Å²) in [6.07, 6.45) is 0.527. The Kier molecular flexibility index (Phi) is 5.69. The molecule has 0 rings (SSSR count). The van der Waals surface area contributed by atoms with E-state index >= 15 is 0 Å². The van der Waals surface area contributed by atoms with E-state index in [4.69, 9.17) is 10.4 Å². The van der Waals surface area contributed by atoms with Crippen LogP contribution in [0.5, 0.6) is 0 Å². The highest BCUT2D eigenvalue weighted by atomic mass is 16.3. The molecule has 70 valence electrons. The van der Waals surface area contributed by atoms with Crippen molar-refractivity contribution in [2.75, 3.05) is 20.1 Å². The van der Waals surface area contributed by atoms with Crippen LogP contribution in [0.25, 0.3) is 0 Å². The first kappa shape index (κ1) is 11.4. The van der Waals surface area contributed by atoms with Gasteiger partial charge in [0.05, 0.1) is 18.1 Å². The van der Waals surface area contributed by atoms with Crippen molar-refractivity contribution < 1.29 is 5.11 Å². The molecule has 12 heavy (non-hydrogen) atoms. The van der Waals surface area contributed by atoms with E-state index in [9.17, 15) is 0 Å². The van der Waals surface area contributed by atoms with Crippen molar-refractivity contribution in [3.8, 4) is 6.07 Å². The molecule has 0 aromatic heterocycles. The number of hydrogen-bond acceptors (Lipinski definition) is 3. The Morgan fingerprint density at radius 1 is 1.50 bits per heavy atom. The molecule has 0 saturated carbocycles. The smallest absolute Gasteiger partial charge is 0.0666 e. The van der Waals surface area contributed by atoms with Gasteiger partial charge in [0.2, 0.25) is 0 Å². The summed E-state index contributed by atoms with van der Waals surface area (Å²) in [5, 5.41) is 17.5. The minimum absolute atomic E-state index is 0.0731. The molecule has 0 aromatic carbocycles. The van der Waals surface area contributed by atoms with Gasteiger partial charge in [0.15, 0.2) is 0 Å². The zero-order chi connectivity index (χ0) is 9.56. The molecule has 0 aliphatic carbocycles. The summed E-state index contributed by atoms with van der Waals surface area (Å²) in [5.74, 6) is 0.0731. The summed E-state index contributed by atoms with van der Waals surface area (Å²) < 4.78 is 0. The molecule has 0 saturated heterocycles. The largest absolute Gasteiger partial charge is 0.393 e. The third-order valence-electron chi connectivity index (χ3n) is 1.73. The molecule has 0 bridgehead atoms. The first-order chi connectivity index (χ1) is 5.56. The van der Waals surface area contributed by atoms with Crippen molar-refractivity contribution in [1.82, 2.24) is 4.90 Å². The number of rotatable bonds is 5. The molecule has 3 nitrogen and oxygen atoms in total. The van der Waals surface area contributed by atoms with E-state index in [1.54, 1.807) is 6.92 Å². The predicted octanol–water partition coefficient (Wildman–Crippen LogP) is 0.849. The van der Waals surface area contributed by atoms with Crippen LogP contribution >= 0.6 is 0 Å². The zero-order valence-electron chi connectivity index (χ0n) is 8.12. The normalized spacial score (nSPS) is 15.7. The summed E-state index contributed by atoms with van der Waals surface area (Å²) in [6, 6.07) is 2.18. The van der Waals surface area contributed by atoms with E-state index < -0.39 is 0 Å². The number of aliphatic hydroxyl groups excluding tert-OH is 1. The highest BCUT2D eigenvalue weighted by molar-refractivity contribution is 4.80. The fraction of sp³-hybridized carbons (Fsp3) is 0.889. The molecule has 0 aromatic rings. The highest BCUT2D eigenvalue weighted by Crippen LogP contribution is 1.98. The van der Waals surface area contributed by atoms with Crippen LogP contribution in [0.1, 0.15) is 20.3 Å². The molecule has 3 heteroatoms. The lowest BCUT2D eigenvalue weighted by atomic mass is 10.2. The summed E-state index contributed by atoms with van der Waals surface area (Å²) in [4.78, 5) is 2.07. The topological polar surface area (TPSA) is 47.3 Å². The minimum Gasteiger partial charge on any atom is -0.393 e. The third kappa shape index (κ3) is 6.14. The molecular weight excluding hydrogens is 152 g/mol.